The number of rotatable bonds is 6. The van der Waals surface area contributed by atoms with Crippen LogP contribution in [-0.2, 0) is 20.4 Å². The van der Waals surface area contributed by atoms with E-state index in [0.29, 0.717) is 28.0 Å². The number of nitrogens with zero attached hydrogens (tertiary/aromatic N) is 2. The number of amides is 2. The van der Waals surface area contributed by atoms with Crippen LogP contribution < -0.4 is 10.0 Å². The minimum absolute atomic E-state index is 0.106. The molecule has 158 valence electrons. The largest absolute Gasteiger partial charge is 0.332 e. The fourth-order valence-corrected chi connectivity index (χ4v) is 4.10. The second-order valence-electron chi connectivity index (χ2n) is 6.90. The van der Waals surface area contributed by atoms with Gasteiger partial charge in [0, 0.05) is 10.4 Å². The molecule has 0 aliphatic carbocycles. The monoisotopic (exact) mass is 448 g/mol. The molecule has 0 saturated carbocycles. The standard InChI is InChI=1S/C20H21ClN4O4S/c1-4-20(13(2)26,14-8-10-15(21)11-9-14)25-18-7-5-6-17(16(18)12-22-25)23-19(27)24-30(3,28)29/h5-12H,4H2,1-3H3,(H2,23,24,27). The van der Waals surface area contributed by atoms with Crippen molar-refractivity contribution in [3.8, 4) is 0 Å². The summed E-state index contributed by atoms with van der Waals surface area (Å²) < 4.78 is 26.1. The minimum atomic E-state index is -3.71. The van der Waals surface area contributed by atoms with Gasteiger partial charge in [-0.25, -0.2) is 22.6 Å². The molecule has 1 atom stereocenters. The van der Waals surface area contributed by atoms with E-state index < -0.39 is 21.6 Å². The van der Waals surface area contributed by atoms with Gasteiger partial charge in [-0.2, -0.15) is 5.10 Å². The molecule has 10 heteroatoms. The van der Waals surface area contributed by atoms with Gasteiger partial charge in [0.1, 0.15) is 5.54 Å². The van der Waals surface area contributed by atoms with E-state index in [4.69, 9.17) is 11.6 Å². The Bertz CT molecular complexity index is 1220. The second kappa shape index (κ2) is 8.08. The molecule has 8 nitrogen and oxygen atoms in total. The first-order valence-electron chi connectivity index (χ1n) is 9.11. The molecule has 3 rings (SSSR count). The van der Waals surface area contributed by atoms with Gasteiger partial charge in [0.2, 0.25) is 10.0 Å². The Hall–Kier alpha value is -2.91. The number of carbonyl (C=O) groups excluding carboxylic acids is 2. The summed E-state index contributed by atoms with van der Waals surface area (Å²) in [5, 5.41) is 8.11. The lowest BCUT2D eigenvalue weighted by molar-refractivity contribution is -0.124. The molecule has 1 aromatic heterocycles. The zero-order chi connectivity index (χ0) is 22.1. The van der Waals surface area contributed by atoms with Gasteiger partial charge in [0.15, 0.2) is 5.78 Å². The average Bonchev–Trinajstić information content (AvgIpc) is 3.08. The van der Waals surface area contributed by atoms with E-state index in [0.717, 1.165) is 11.8 Å². The van der Waals surface area contributed by atoms with E-state index >= 15 is 0 Å². The third-order valence-corrected chi connectivity index (χ3v) is 5.73. The van der Waals surface area contributed by atoms with Crippen molar-refractivity contribution >= 4 is 50.0 Å². The number of fused-ring (bicyclic) bond motifs is 1. The van der Waals surface area contributed by atoms with Gasteiger partial charge >= 0.3 is 6.03 Å². The highest BCUT2D eigenvalue weighted by molar-refractivity contribution is 7.89. The van der Waals surface area contributed by atoms with Gasteiger partial charge < -0.3 is 5.32 Å². The molecular weight excluding hydrogens is 428 g/mol. The molecule has 1 unspecified atom stereocenters. The number of carbonyl (C=O) groups is 2. The first kappa shape index (κ1) is 21.8. The molecule has 0 fully saturated rings. The number of anilines is 1. The number of benzene rings is 2. The summed E-state index contributed by atoms with van der Waals surface area (Å²) in [5.74, 6) is -0.106. The van der Waals surface area contributed by atoms with E-state index in [9.17, 15) is 18.0 Å². The normalized spacial score (nSPS) is 13.6. The number of aromatic nitrogens is 2. The van der Waals surface area contributed by atoms with E-state index in [1.807, 2.05) is 11.6 Å². The number of hydrogen-bond acceptors (Lipinski definition) is 5. The van der Waals surface area contributed by atoms with Crippen molar-refractivity contribution < 1.29 is 18.0 Å². The van der Waals surface area contributed by atoms with Gasteiger partial charge in [0.25, 0.3) is 0 Å². The zero-order valence-corrected chi connectivity index (χ0v) is 18.2. The third-order valence-electron chi connectivity index (χ3n) is 4.92. The lowest BCUT2D eigenvalue weighted by atomic mass is 9.83. The Morgan fingerprint density at radius 1 is 1.17 bits per heavy atom. The molecule has 2 aromatic carbocycles. The van der Waals surface area contributed by atoms with Crippen LogP contribution in [0.2, 0.25) is 5.02 Å². The number of nitrogens with one attached hydrogen (secondary N) is 2. The van der Waals surface area contributed by atoms with Gasteiger partial charge in [-0.15, -0.1) is 0 Å². The maximum Gasteiger partial charge on any atom is 0.332 e. The molecule has 1 heterocycles. The van der Waals surface area contributed by atoms with Crippen LogP contribution in [0.25, 0.3) is 10.9 Å². The van der Waals surface area contributed by atoms with Crippen LogP contribution in [0.3, 0.4) is 0 Å². The molecule has 0 aliphatic rings. The maximum atomic E-state index is 12.9. The predicted octanol–water partition coefficient (Wildman–Crippen LogP) is 3.51. The highest BCUT2D eigenvalue weighted by atomic mass is 35.5. The smallest absolute Gasteiger partial charge is 0.306 e. The Balaban J connectivity index is 2.14. The Morgan fingerprint density at radius 3 is 2.40 bits per heavy atom. The van der Waals surface area contributed by atoms with Crippen LogP contribution in [0.4, 0.5) is 10.5 Å². The first-order valence-corrected chi connectivity index (χ1v) is 11.4. The van der Waals surface area contributed by atoms with Crippen molar-refractivity contribution in [2.75, 3.05) is 11.6 Å². The van der Waals surface area contributed by atoms with Gasteiger partial charge in [-0.1, -0.05) is 36.7 Å². The molecule has 3 aromatic rings. The summed E-state index contributed by atoms with van der Waals surface area (Å²) in [5.41, 5.74) is 0.642. The van der Waals surface area contributed by atoms with E-state index in [1.165, 1.54) is 13.1 Å². The molecule has 30 heavy (non-hydrogen) atoms. The summed E-state index contributed by atoms with van der Waals surface area (Å²) in [6.07, 6.45) is 2.86. The molecule has 2 N–H and O–H groups in total. The molecule has 0 spiro atoms. The molecule has 0 saturated heterocycles. The van der Waals surface area contributed by atoms with Crippen molar-refractivity contribution in [1.29, 1.82) is 0 Å². The van der Waals surface area contributed by atoms with Gasteiger partial charge in [0.05, 0.1) is 23.7 Å². The summed E-state index contributed by atoms with van der Waals surface area (Å²) in [6.45, 7) is 3.40. The summed E-state index contributed by atoms with van der Waals surface area (Å²) in [4.78, 5) is 24.9. The van der Waals surface area contributed by atoms with Crippen molar-refractivity contribution in [3.05, 3.63) is 59.2 Å². The van der Waals surface area contributed by atoms with Crippen molar-refractivity contribution in [2.24, 2.45) is 0 Å². The lowest BCUT2D eigenvalue weighted by Gasteiger charge is -2.32. The van der Waals surface area contributed by atoms with Crippen LogP contribution in [0.5, 0.6) is 0 Å². The second-order valence-corrected chi connectivity index (χ2v) is 9.08. The fraction of sp³-hybridized carbons (Fsp3) is 0.250. The average molecular weight is 449 g/mol. The Kier molecular flexibility index (Phi) is 5.87. The van der Waals surface area contributed by atoms with Crippen molar-refractivity contribution in [2.45, 2.75) is 25.8 Å². The molecule has 2 amide bonds. The Morgan fingerprint density at radius 2 is 1.83 bits per heavy atom. The summed E-state index contributed by atoms with van der Waals surface area (Å²) in [6, 6.07) is 11.2. The molecule has 0 aliphatic heterocycles. The molecule has 0 radical (unpaired) electrons. The van der Waals surface area contributed by atoms with Crippen molar-refractivity contribution in [3.63, 3.8) is 0 Å². The van der Waals surface area contributed by atoms with E-state index in [1.54, 1.807) is 47.1 Å². The van der Waals surface area contributed by atoms with E-state index in [-0.39, 0.29) is 5.78 Å². The molecule has 0 bridgehead atoms. The van der Waals surface area contributed by atoms with Crippen LogP contribution in [0.1, 0.15) is 25.8 Å². The zero-order valence-electron chi connectivity index (χ0n) is 16.6. The van der Waals surface area contributed by atoms with Crippen LogP contribution in [0, 0.1) is 0 Å². The topological polar surface area (TPSA) is 110 Å². The number of halogens is 1. The quantitative estimate of drug-likeness (QED) is 0.599. The SMILES string of the molecule is CCC(C(C)=O)(c1ccc(Cl)cc1)n1ncc2c(NC(=O)NS(C)(=O)=O)cccc21. The van der Waals surface area contributed by atoms with E-state index in [2.05, 4.69) is 10.4 Å². The third kappa shape index (κ3) is 4.03. The maximum absolute atomic E-state index is 12.9. The van der Waals surface area contributed by atoms with Crippen molar-refractivity contribution in [1.82, 2.24) is 14.5 Å². The van der Waals surface area contributed by atoms with Crippen LogP contribution in [-0.4, -0.2) is 36.3 Å². The lowest BCUT2D eigenvalue weighted by Crippen LogP contribution is -2.42. The van der Waals surface area contributed by atoms with Gasteiger partial charge in [-0.05, 0) is 43.2 Å². The number of ketones is 1. The number of urea groups is 1. The summed E-state index contributed by atoms with van der Waals surface area (Å²) in [7, 11) is -3.71. The minimum Gasteiger partial charge on any atom is -0.306 e. The predicted molar refractivity (Wildman–Crippen MR) is 116 cm³/mol. The van der Waals surface area contributed by atoms with Gasteiger partial charge in [-0.3, -0.25) is 4.79 Å². The number of Topliss-reactive ketones (excluding diaryl/α,β-unsaturated/α-hetero) is 1. The number of hydrogen-bond donors (Lipinski definition) is 2. The van der Waals surface area contributed by atoms with Crippen LogP contribution >= 0.6 is 11.6 Å². The number of sulfonamides is 1. The highest BCUT2D eigenvalue weighted by Gasteiger charge is 2.39. The fourth-order valence-electron chi connectivity index (χ4n) is 3.58. The Labute approximate surface area is 179 Å². The first-order chi connectivity index (χ1) is 14.1. The van der Waals surface area contributed by atoms with Crippen LogP contribution in [0.15, 0.2) is 48.7 Å². The summed E-state index contributed by atoms with van der Waals surface area (Å²) >= 11 is 6.02. The molecular formula is C20H21ClN4O4S. The highest BCUT2D eigenvalue weighted by Crippen LogP contribution is 2.36.